The Morgan fingerprint density at radius 1 is 1.17 bits per heavy atom. The van der Waals surface area contributed by atoms with Crippen molar-refractivity contribution in [3.8, 4) is 5.75 Å². The summed E-state index contributed by atoms with van der Waals surface area (Å²) in [5.41, 5.74) is 0.799. The number of methoxy groups -OCH3 is 1. The van der Waals surface area contributed by atoms with Crippen LogP contribution in [0.3, 0.4) is 0 Å². The average Bonchev–Trinajstić information content (AvgIpc) is 3.38. The van der Waals surface area contributed by atoms with E-state index in [0.717, 1.165) is 40.5 Å². The van der Waals surface area contributed by atoms with E-state index in [1.165, 1.54) is 11.3 Å². The predicted octanol–water partition coefficient (Wildman–Crippen LogP) is 5.18. The van der Waals surface area contributed by atoms with Crippen LogP contribution in [-0.2, 0) is 4.79 Å². The Balaban J connectivity index is 0.00000300. The van der Waals surface area contributed by atoms with Crippen molar-refractivity contribution in [3.05, 3.63) is 46.7 Å². The van der Waals surface area contributed by atoms with Gasteiger partial charge in [-0.3, -0.25) is 9.69 Å². The first-order chi connectivity index (χ1) is 13.7. The van der Waals surface area contributed by atoms with Gasteiger partial charge < -0.3 is 9.64 Å². The molecule has 0 aliphatic rings. The molecule has 1 amide bonds. The fourth-order valence-electron chi connectivity index (χ4n) is 2.90. The van der Waals surface area contributed by atoms with Crippen LogP contribution in [0.2, 0.25) is 0 Å². The summed E-state index contributed by atoms with van der Waals surface area (Å²) in [6.45, 7) is 7.58. The molecule has 0 saturated heterocycles. The lowest BCUT2D eigenvalue weighted by atomic mass is 10.3. The molecule has 0 fully saturated rings. The van der Waals surface area contributed by atoms with Crippen molar-refractivity contribution in [2.45, 2.75) is 13.8 Å². The zero-order valence-corrected chi connectivity index (χ0v) is 19.3. The summed E-state index contributed by atoms with van der Waals surface area (Å²) < 4.78 is 6.44. The second-order valence-corrected chi connectivity index (χ2v) is 8.16. The number of benzene rings is 1. The summed E-state index contributed by atoms with van der Waals surface area (Å²) in [5, 5.41) is 2.70. The van der Waals surface area contributed by atoms with Gasteiger partial charge in [0.25, 0.3) is 5.91 Å². The Morgan fingerprint density at radius 3 is 2.62 bits per heavy atom. The highest BCUT2D eigenvalue weighted by molar-refractivity contribution is 7.22. The van der Waals surface area contributed by atoms with Gasteiger partial charge in [-0.1, -0.05) is 37.3 Å². The van der Waals surface area contributed by atoms with E-state index in [9.17, 15) is 4.79 Å². The number of thiophene rings is 1. The molecule has 3 aromatic rings. The molecule has 0 atom stereocenters. The molecule has 0 bridgehead atoms. The zero-order chi connectivity index (χ0) is 19.9. The number of hydrogen-bond donors (Lipinski definition) is 0. The Kier molecular flexibility index (Phi) is 9.10. The van der Waals surface area contributed by atoms with Crippen molar-refractivity contribution in [1.82, 2.24) is 9.88 Å². The summed E-state index contributed by atoms with van der Waals surface area (Å²) in [4.78, 5) is 22.9. The standard InChI is InChI=1S/C21H25N3O2S2.ClH/c1-4-23(5-2)13-14-24(19(25)12-11-16-8-7-15-27-16)21-22-20-17(26-3)9-6-10-18(20)28-21;/h6-12,15H,4-5,13-14H2,1-3H3;1H. The summed E-state index contributed by atoms with van der Waals surface area (Å²) >= 11 is 3.13. The van der Waals surface area contributed by atoms with E-state index in [2.05, 4.69) is 18.7 Å². The van der Waals surface area contributed by atoms with Gasteiger partial charge >= 0.3 is 0 Å². The van der Waals surface area contributed by atoms with Gasteiger partial charge in [0.05, 0.1) is 11.8 Å². The van der Waals surface area contributed by atoms with Gasteiger partial charge in [0.15, 0.2) is 5.13 Å². The molecule has 1 aromatic carbocycles. The van der Waals surface area contributed by atoms with E-state index in [4.69, 9.17) is 9.72 Å². The molecule has 2 aromatic heterocycles. The lowest BCUT2D eigenvalue weighted by Gasteiger charge is -2.23. The largest absolute Gasteiger partial charge is 0.494 e. The normalized spacial score (nSPS) is 11.2. The SMILES string of the molecule is CCN(CC)CCN(C(=O)C=Cc1cccs1)c1nc2c(OC)cccc2s1.Cl. The van der Waals surface area contributed by atoms with Crippen molar-refractivity contribution < 1.29 is 9.53 Å². The van der Waals surface area contributed by atoms with Crippen LogP contribution >= 0.6 is 35.1 Å². The van der Waals surface area contributed by atoms with Gasteiger partial charge in [0, 0.05) is 24.0 Å². The lowest BCUT2D eigenvalue weighted by Crippen LogP contribution is -2.38. The highest BCUT2D eigenvalue weighted by Gasteiger charge is 2.20. The van der Waals surface area contributed by atoms with E-state index in [0.29, 0.717) is 11.7 Å². The molecule has 0 radical (unpaired) electrons. The lowest BCUT2D eigenvalue weighted by molar-refractivity contribution is -0.114. The number of anilines is 1. The number of amides is 1. The molecule has 0 spiro atoms. The van der Waals surface area contributed by atoms with Crippen molar-refractivity contribution in [3.63, 3.8) is 0 Å². The minimum atomic E-state index is -0.0569. The molecule has 0 aliphatic carbocycles. The third-order valence-electron chi connectivity index (χ3n) is 4.56. The minimum Gasteiger partial charge on any atom is -0.494 e. The van der Waals surface area contributed by atoms with E-state index in [-0.39, 0.29) is 18.3 Å². The summed E-state index contributed by atoms with van der Waals surface area (Å²) in [6.07, 6.45) is 3.50. The number of carbonyl (C=O) groups excluding carboxylic acids is 1. The number of rotatable bonds is 9. The minimum absolute atomic E-state index is 0. The number of halogens is 1. The Hall–Kier alpha value is -1.93. The smallest absolute Gasteiger partial charge is 0.252 e. The van der Waals surface area contributed by atoms with Gasteiger partial charge in [0.2, 0.25) is 0 Å². The molecule has 0 saturated carbocycles. The van der Waals surface area contributed by atoms with Gasteiger partial charge in [-0.2, -0.15) is 0 Å². The number of carbonyl (C=O) groups is 1. The fourth-order valence-corrected chi connectivity index (χ4v) is 4.54. The van der Waals surface area contributed by atoms with Crippen LogP contribution in [0.4, 0.5) is 5.13 Å². The predicted molar refractivity (Wildman–Crippen MR) is 127 cm³/mol. The van der Waals surface area contributed by atoms with Crippen LogP contribution in [0, 0.1) is 0 Å². The highest BCUT2D eigenvalue weighted by atomic mass is 35.5. The van der Waals surface area contributed by atoms with Gasteiger partial charge in [-0.05, 0) is 42.7 Å². The molecule has 8 heteroatoms. The first kappa shape index (κ1) is 23.3. The quantitative estimate of drug-likeness (QED) is 0.420. The maximum Gasteiger partial charge on any atom is 0.252 e. The second-order valence-electron chi connectivity index (χ2n) is 6.17. The highest BCUT2D eigenvalue weighted by Crippen LogP contribution is 2.34. The molecular weight excluding hydrogens is 426 g/mol. The maximum atomic E-state index is 13.0. The third kappa shape index (κ3) is 5.79. The summed E-state index contributed by atoms with van der Waals surface area (Å²) in [6, 6.07) is 9.82. The van der Waals surface area contributed by atoms with E-state index in [1.54, 1.807) is 29.4 Å². The van der Waals surface area contributed by atoms with Gasteiger partial charge in [-0.15, -0.1) is 23.7 Å². The Labute approximate surface area is 186 Å². The van der Waals surface area contributed by atoms with E-state index < -0.39 is 0 Å². The Bertz CT molecular complexity index is 937. The van der Waals surface area contributed by atoms with E-state index in [1.807, 2.05) is 41.8 Å². The number of nitrogens with zero attached hydrogens (tertiary/aromatic N) is 3. The molecule has 156 valence electrons. The van der Waals surface area contributed by atoms with E-state index >= 15 is 0 Å². The van der Waals surface area contributed by atoms with Crippen molar-refractivity contribution in [2.75, 3.05) is 38.2 Å². The molecule has 29 heavy (non-hydrogen) atoms. The second kappa shape index (κ2) is 11.3. The molecule has 0 aliphatic heterocycles. The number of ether oxygens (including phenoxy) is 1. The fraction of sp³-hybridized carbons (Fsp3) is 0.333. The first-order valence-electron chi connectivity index (χ1n) is 9.35. The molecule has 3 rings (SSSR count). The number of hydrogen-bond acceptors (Lipinski definition) is 6. The topological polar surface area (TPSA) is 45.7 Å². The molecular formula is C21H26ClN3O2S2. The van der Waals surface area contributed by atoms with Crippen LogP contribution in [0.15, 0.2) is 41.8 Å². The van der Waals surface area contributed by atoms with Crippen molar-refractivity contribution in [2.24, 2.45) is 0 Å². The van der Waals surface area contributed by atoms with Crippen LogP contribution < -0.4 is 9.64 Å². The monoisotopic (exact) mass is 451 g/mol. The first-order valence-corrected chi connectivity index (χ1v) is 11.0. The maximum absolute atomic E-state index is 13.0. The molecule has 0 unspecified atom stereocenters. The number of thiazole rings is 1. The van der Waals surface area contributed by atoms with Crippen LogP contribution in [0.25, 0.3) is 16.3 Å². The molecule has 2 heterocycles. The van der Waals surface area contributed by atoms with Crippen LogP contribution in [0.1, 0.15) is 18.7 Å². The zero-order valence-electron chi connectivity index (χ0n) is 16.8. The average molecular weight is 452 g/mol. The molecule has 0 N–H and O–H groups in total. The third-order valence-corrected chi connectivity index (χ3v) is 6.44. The van der Waals surface area contributed by atoms with Crippen molar-refractivity contribution in [1.29, 1.82) is 0 Å². The van der Waals surface area contributed by atoms with Crippen molar-refractivity contribution >= 4 is 62.4 Å². The summed E-state index contributed by atoms with van der Waals surface area (Å²) in [5.74, 6) is 0.670. The number of likely N-dealkylation sites (N-methyl/N-ethyl adjacent to an activating group) is 1. The number of aromatic nitrogens is 1. The summed E-state index contributed by atoms with van der Waals surface area (Å²) in [7, 11) is 1.64. The van der Waals surface area contributed by atoms with Crippen LogP contribution in [-0.4, -0.2) is 49.1 Å². The number of fused-ring (bicyclic) bond motifs is 1. The van der Waals surface area contributed by atoms with Gasteiger partial charge in [0.1, 0.15) is 11.3 Å². The van der Waals surface area contributed by atoms with Crippen LogP contribution in [0.5, 0.6) is 5.75 Å². The number of para-hydroxylation sites is 1. The van der Waals surface area contributed by atoms with Gasteiger partial charge in [-0.25, -0.2) is 4.98 Å². The molecule has 5 nitrogen and oxygen atoms in total. The Morgan fingerprint density at radius 2 is 1.97 bits per heavy atom.